The van der Waals surface area contributed by atoms with E-state index in [1.165, 1.54) is 12.0 Å². The Bertz CT molecular complexity index is 1250. The first-order valence-corrected chi connectivity index (χ1v) is 14.3. The standard InChI is InChI=1S/C31H40N4O7/c1-21(2)16-25-30(38)35(12-14-40-3)19-28(36)32-26(17-22-8-10-24(11-9-22)42-20-29(37)33-25)31(39)34-13-15-41-27-7-5-4-6-23(27)18-34/h4-11,21,25-26H,12-20H2,1-3H3,(H,32,36)(H,33,37)/t25-,26-/m0/s1. The molecule has 2 N–H and O–H groups in total. The van der Waals surface area contributed by atoms with Crippen molar-refractivity contribution in [1.29, 1.82) is 0 Å². The molecule has 4 amide bonds. The summed E-state index contributed by atoms with van der Waals surface area (Å²) >= 11 is 0. The molecule has 3 aliphatic rings. The fourth-order valence-corrected chi connectivity index (χ4v) is 5.07. The summed E-state index contributed by atoms with van der Waals surface area (Å²) in [5, 5.41) is 5.67. The van der Waals surface area contributed by atoms with Crippen molar-refractivity contribution >= 4 is 23.6 Å². The van der Waals surface area contributed by atoms with E-state index in [9.17, 15) is 19.2 Å². The van der Waals surface area contributed by atoms with Gasteiger partial charge < -0.3 is 34.6 Å². The maximum atomic E-state index is 13.9. The molecule has 0 fully saturated rings. The molecule has 0 radical (unpaired) electrons. The minimum Gasteiger partial charge on any atom is -0.491 e. The zero-order valence-corrected chi connectivity index (χ0v) is 24.5. The molecular formula is C31H40N4O7. The lowest BCUT2D eigenvalue weighted by Crippen LogP contribution is -2.55. The Hall–Kier alpha value is -4.12. The van der Waals surface area contributed by atoms with Gasteiger partial charge in [-0.15, -0.1) is 0 Å². The van der Waals surface area contributed by atoms with Gasteiger partial charge in [0.2, 0.25) is 17.7 Å². The van der Waals surface area contributed by atoms with Crippen molar-refractivity contribution < 1.29 is 33.4 Å². The molecule has 3 aliphatic heterocycles. The van der Waals surface area contributed by atoms with E-state index in [0.717, 1.165) is 16.9 Å². The summed E-state index contributed by atoms with van der Waals surface area (Å²) in [5.41, 5.74) is 1.69. The van der Waals surface area contributed by atoms with Gasteiger partial charge in [0.25, 0.3) is 5.91 Å². The molecule has 0 aromatic heterocycles. The molecule has 2 bridgehead atoms. The van der Waals surface area contributed by atoms with Crippen LogP contribution in [0, 0.1) is 5.92 Å². The minimum absolute atomic E-state index is 0.0983. The second kappa shape index (κ2) is 14.7. The number of ether oxygens (including phenoxy) is 3. The van der Waals surface area contributed by atoms with Crippen molar-refractivity contribution in [2.75, 3.05) is 46.6 Å². The average molecular weight is 581 g/mol. The van der Waals surface area contributed by atoms with Crippen LogP contribution in [0.15, 0.2) is 48.5 Å². The first-order valence-electron chi connectivity index (χ1n) is 14.3. The quantitative estimate of drug-likeness (QED) is 0.497. The molecule has 3 heterocycles. The molecule has 0 unspecified atom stereocenters. The fraction of sp³-hybridized carbons (Fsp3) is 0.484. The Morgan fingerprint density at radius 2 is 1.76 bits per heavy atom. The smallest absolute Gasteiger partial charge is 0.258 e. The van der Waals surface area contributed by atoms with Crippen LogP contribution in [-0.4, -0.2) is 92.1 Å². The van der Waals surface area contributed by atoms with Crippen LogP contribution in [0.2, 0.25) is 0 Å². The number of fused-ring (bicyclic) bond motifs is 14. The Kier molecular flexibility index (Phi) is 10.8. The van der Waals surface area contributed by atoms with E-state index >= 15 is 0 Å². The summed E-state index contributed by atoms with van der Waals surface area (Å²) in [5.74, 6) is -0.251. The third-order valence-corrected chi connectivity index (χ3v) is 7.18. The third kappa shape index (κ3) is 8.45. The van der Waals surface area contributed by atoms with E-state index in [1.54, 1.807) is 17.0 Å². The first-order chi connectivity index (χ1) is 20.2. The predicted octanol–water partition coefficient (Wildman–Crippen LogP) is 1.53. The van der Waals surface area contributed by atoms with Crippen LogP contribution in [0.1, 0.15) is 31.4 Å². The Labute approximate surface area is 246 Å². The molecular weight excluding hydrogens is 540 g/mol. The van der Waals surface area contributed by atoms with Gasteiger partial charge >= 0.3 is 0 Å². The van der Waals surface area contributed by atoms with Crippen LogP contribution < -0.4 is 20.1 Å². The molecule has 2 aromatic rings. The van der Waals surface area contributed by atoms with E-state index in [-0.39, 0.29) is 44.5 Å². The van der Waals surface area contributed by atoms with Gasteiger partial charge in [0.05, 0.1) is 19.7 Å². The molecule has 11 nitrogen and oxygen atoms in total. The highest BCUT2D eigenvalue weighted by atomic mass is 16.5. The first kappa shape index (κ1) is 30.8. The molecule has 0 saturated carbocycles. The van der Waals surface area contributed by atoms with Crippen molar-refractivity contribution in [3.63, 3.8) is 0 Å². The number of nitrogens with one attached hydrogen (secondary N) is 2. The van der Waals surface area contributed by atoms with E-state index in [1.807, 2.05) is 50.2 Å². The van der Waals surface area contributed by atoms with Gasteiger partial charge in [0.15, 0.2) is 6.61 Å². The Morgan fingerprint density at radius 1 is 1.00 bits per heavy atom. The Balaban J connectivity index is 1.62. The zero-order chi connectivity index (χ0) is 30.1. The molecule has 42 heavy (non-hydrogen) atoms. The highest BCUT2D eigenvalue weighted by Crippen LogP contribution is 2.23. The number of benzene rings is 2. The number of amides is 4. The lowest BCUT2D eigenvalue weighted by Gasteiger charge is -2.30. The minimum atomic E-state index is -0.882. The molecule has 11 heteroatoms. The monoisotopic (exact) mass is 580 g/mol. The van der Waals surface area contributed by atoms with Crippen LogP contribution >= 0.6 is 0 Å². The van der Waals surface area contributed by atoms with Gasteiger partial charge in [-0.2, -0.15) is 0 Å². The summed E-state index contributed by atoms with van der Waals surface area (Å²) in [6.45, 7) is 4.73. The number of rotatable bonds is 6. The highest BCUT2D eigenvalue weighted by molar-refractivity contribution is 5.93. The van der Waals surface area contributed by atoms with Gasteiger partial charge in [0.1, 0.15) is 30.2 Å². The maximum absolute atomic E-state index is 13.9. The Morgan fingerprint density at radius 3 is 2.50 bits per heavy atom. The summed E-state index contributed by atoms with van der Waals surface area (Å²) in [6.07, 6.45) is 0.607. The molecule has 5 rings (SSSR count). The molecule has 226 valence electrons. The fourth-order valence-electron chi connectivity index (χ4n) is 5.07. The lowest BCUT2D eigenvalue weighted by atomic mass is 10.0. The number of carbonyl (C=O) groups excluding carboxylic acids is 4. The van der Waals surface area contributed by atoms with Crippen LogP contribution in [0.25, 0.3) is 0 Å². The number of nitrogens with zero attached hydrogens (tertiary/aromatic N) is 2. The van der Waals surface area contributed by atoms with Gasteiger partial charge in [-0.05, 0) is 36.1 Å². The number of para-hydroxylation sites is 1. The molecule has 0 saturated heterocycles. The number of hydrogen-bond acceptors (Lipinski definition) is 7. The average Bonchev–Trinajstić information content (AvgIpc) is 3.19. The van der Waals surface area contributed by atoms with Gasteiger partial charge in [-0.1, -0.05) is 44.2 Å². The lowest BCUT2D eigenvalue weighted by molar-refractivity contribution is -0.142. The second-order valence-corrected chi connectivity index (χ2v) is 11.0. The van der Waals surface area contributed by atoms with Crippen LogP contribution in [-0.2, 0) is 36.9 Å². The second-order valence-electron chi connectivity index (χ2n) is 11.0. The van der Waals surface area contributed by atoms with Crippen molar-refractivity contribution in [3.05, 3.63) is 59.7 Å². The van der Waals surface area contributed by atoms with E-state index in [4.69, 9.17) is 14.2 Å². The van der Waals surface area contributed by atoms with Crippen molar-refractivity contribution in [3.8, 4) is 11.5 Å². The van der Waals surface area contributed by atoms with Crippen LogP contribution in [0.4, 0.5) is 0 Å². The van der Waals surface area contributed by atoms with Crippen LogP contribution in [0.5, 0.6) is 11.5 Å². The van der Waals surface area contributed by atoms with Gasteiger partial charge in [-0.25, -0.2) is 0 Å². The topological polar surface area (TPSA) is 127 Å². The van der Waals surface area contributed by atoms with Crippen molar-refractivity contribution in [2.24, 2.45) is 5.92 Å². The molecule has 2 aromatic carbocycles. The molecule has 0 spiro atoms. The molecule has 2 atom stereocenters. The predicted molar refractivity (Wildman–Crippen MR) is 155 cm³/mol. The van der Waals surface area contributed by atoms with E-state index in [2.05, 4.69) is 10.6 Å². The zero-order valence-electron chi connectivity index (χ0n) is 24.5. The van der Waals surface area contributed by atoms with Gasteiger partial charge in [-0.3, -0.25) is 19.2 Å². The van der Waals surface area contributed by atoms with Gasteiger partial charge in [0, 0.05) is 32.2 Å². The summed E-state index contributed by atoms with van der Waals surface area (Å²) in [7, 11) is 1.51. The molecule has 0 aliphatic carbocycles. The SMILES string of the molecule is COCCN1CC(=O)N[C@H](C(=O)N2CCOc3ccccc3C2)Cc2ccc(cc2)OCC(=O)N[C@@H](CC(C)C)C1=O. The maximum Gasteiger partial charge on any atom is 0.258 e. The van der Waals surface area contributed by atoms with Crippen molar-refractivity contribution in [2.45, 2.75) is 45.3 Å². The van der Waals surface area contributed by atoms with Crippen molar-refractivity contribution in [1.82, 2.24) is 20.4 Å². The van der Waals surface area contributed by atoms with Crippen LogP contribution in [0.3, 0.4) is 0 Å². The van der Waals surface area contributed by atoms with E-state index < -0.39 is 29.8 Å². The number of hydrogen-bond donors (Lipinski definition) is 2. The van der Waals surface area contributed by atoms with E-state index in [0.29, 0.717) is 31.9 Å². The summed E-state index contributed by atoms with van der Waals surface area (Å²) in [6, 6.07) is 12.9. The summed E-state index contributed by atoms with van der Waals surface area (Å²) in [4.78, 5) is 56.8. The normalized spacial score (nSPS) is 20.2. The summed E-state index contributed by atoms with van der Waals surface area (Å²) < 4.78 is 16.7. The highest BCUT2D eigenvalue weighted by Gasteiger charge is 2.32. The third-order valence-electron chi connectivity index (χ3n) is 7.18. The number of methoxy groups -OCH3 is 1. The largest absolute Gasteiger partial charge is 0.491 e. The number of carbonyl (C=O) groups is 4.